The number of ether oxygens (including phenoxy) is 1. The van der Waals surface area contributed by atoms with Crippen LogP contribution in [0.4, 0.5) is 0 Å². The van der Waals surface area contributed by atoms with E-state index in [0.29, 0.717) is 6.61 Å². The van der Waals surface area contributed by atoms with Gasteiger partial charge in [-0.1, -0.05) is 31.2 Å². The SMILES string of the molecule is CCc1nccc(C)c1-c1ccc2cccc(OCCCc3c[n+](Cc4ccncc4)ccc3C)c2c1. The quantitative estimate of drug-likeness (QED) is 0.169. The molecule has 0 atom stereocenters. The van der Waals surface area contributed by atoms with Gasteiger partial charge in [-0.05, 0) is 85.5 Å². The van der Waals surface area contributed by atoms with Crippen molar-refractivity contribution in [2.75, 3.05) is 6.61 Å². The lowest BCUT2D eigenvalue weighted by Crippen LogP contribution is -2.34. The number of fused-ring (bicyclic) bond motifs is 1. The van der Waals surface area contributed by atoms with Gasteiger partial charge in [0.05, 0.1) is 6.61 Å². The smallest absolute Gasteiger partial charge is 0.173 e. The van der Waals surface area contributed by atoms with Crippen LogP contribution in [0.25, 0.3) is 21.9 Å². The van der Waals surface area contributed by atoms with Gasteiger partial charge >= 0.3 is 0 Å². The third-order valence-corrected chi connectivity index (χ3v) is 7.01. The number of pyridine rings is 3. The topological polar surface area (TPSA) is 38.9 Å². The van der Waals surface area contributed by atoms with Crippen molar-refractivity contribution in [3.63, 3.8) is 0 Å². The molecule has 5 aromatic rings. The normalized spacial score (nSPS) is 11.1. The van der Waals surface area contributed by atoms with Crippen LogP contribution < -0.4 is 9.30 Å². The molecule has 0 fully saturated rings. The zero-order chi connectivity index (χ0) is 25.6. The summed E-state index contributed by atoms with van der Waals surface area (Å²) >= 11 is 0. The van der Waals surface area contributed by atoms with Crippen molar-refractivity contribution in [2.45, 2.75) is 46.6 Å². The third kappa shape index (κ3) is 5.69. The number of hydrogen-bond acceptors (Lipinski definition) is 3. The second kappa shape index (κ2) is 11.3. The molecule has 0 saturated carbocycles. The first-order valence-corrected chi connectivity index (χ1v) is 13.1. The Bertz CT molecular complexity index is 1510. The van der Waals surface area contributed by atoms with Gasteiger partial charge in [-0.2, -0.15) is 0 Å². The lowest BCUT2D eigenvalue weighted by Gasteiger charge is -2.14. The Morgan fingerprint density at radius 2 is 1.76 bits per heavy atom. The molecule has 0 aliphatic rings. The molecule has 186 valence electrons. The van der Waals surface area contributed by atoms with Crippen LogP contribution in [0.5, 0.6) is 5.75 Å². The van der Waals surface area contributed by atoms with Gasteiger partial charge in [0.15, 0.2) is 18.9 Å². The second-order valence-corrected chi connectivity index (χ2v) is 9.63. The fourth-order valence-corrected chi connectivity index (χ4v) is 4.97. The van der Waals surface area contributed by atoms with E-state index in [0.717, 1.165) is 42.6 Å². The molecule has 0 N–H and O–H groups in total. The van der Waals surface area contributed by atoms with E-state index in [9.17, 15) is 0 Å². The van der Waals surface area contributed by atoms with E-state index in [-0.39, 0.29) is 0 Å². The molecule has 0 saturated heterocycles. The van der Waals surface area contributed by atoms with Gasteiger partial charge in [0.2, 0.25) is 0 Å². The highest BCUT2D eigenvalue weighted by Crippen LogP contribution is 2.33. The molecule has 3 heterocycles. The predicted octanol–water partition coefficient (Wildman–Crippen LogP) is 6.82. The summed E-state index contributed by atoms with van der Waals surface area (Å²) in [6.45, 7) is 8.03. The molecule has 37 heavy (non-hydrogen) atoms. The van der Waals surface area contributed by atoms with E-state index >= 15 is 0 Å². The van der Waals surface area contributed by atoms with E-state index in [1.807, 2.05) is 18.6 Å². The minimum Gasteiger partial charge on any atom is -0.493 e. The Hall–Kier alpha value is -4.05. The molecule has 0 aliphatic heterocycles. The molecule has 3 aromatic heterocycles. The number of aryl methyl sites for hydroxylation is 4. The molecule has 4 heteroatoms. The molecular weight excluding hydrogens is 454 g/mol. The molecule has 4 nitrogen and oxygen atoms in total. The van der Waals surface area contributed by atoms with Crippen molar-refractivity contribution >= 4 is 10.8 Å². The monoisotopic (exact) mass is 488 g/mol. The van der Waals surface area contributed by atoms with Gasteiger partial charge in [0, 0.05) is 52.4 Å². The number of rotatable bonds is 9. The highest BCUT2D eigenvalue weighted by molar-refractivity contribution is 5.92. The summed E-state index contributed by atoms with van der Waals surface area (Å²) in [5.41, 5.74) is 8.76. The van der Waals surface area contributed by atoms with Gasteiger partial charge in [-0.15, -0.1) is 0 Å². The molecule has 0 radical (unpaired) electrons. The van der Waals surface area contributed by atoms with Crippen LogP contribution in [0.3, 0.4) is 0 Å². The van der Waals surface area contributed by atoms with Gasteiger partial charge in [-0.3, -0.25) is 9.97 Å². The average Bonchev–Trinajstić information content (AvgIpc) is 2.93. The predicted molar refractivity (Wildman–Crippen MR) is 150 cm³/mol. The zero-order valence-corrected chi connectivity index (χ0v) is 21.9. The summed E-state index contributed by atoms with van der Waals surface area (Å²) < 4.78 is 8.60. The van der Waals surface area contributed by atoms with Gasteiger partial charge in [0.25, 0.3) is 0 Å². The minimum absolute atomic E-state index is 0.675. The van der Waals surface area contributed by atoms with Gasteiger partial charge in [-0.25, -0.2) is 4.57 Å². The lowest BCUT2D eigenvalue weighted by molar-refractivity contribution is -0.688. The van der Waals surface area contributed by atoms with Crippen molar-refractivity contribution in [1.82, 2.24) is 9.97 Å². The second-order valence-electron chi connectivity index (χ2n) is 9.63. The molecule has 5 rings (SSSR count). The van der Waals surface area contributed by atoms with E-state index in [1.165, 1.54) is 38.8 Å². The van der Waals surface area contributed by atoms with Crippen LogP contribution in [0, 0.1) is 13.8 Å². The summed E-state index contributed by atoms with van der Waals surface area (Å²) in [6, 6.07) is 21.4. The van der Waals surface area contributed by atoms with Crippen molar-refractivity contribution in [2.24, 2.45) is 0 Å². The van der Waals surface area contributed by atoms with Crippen LogP contribution >= 0.6 is 0 Å². The Labute approximate surface area is 219 Å². The third-order valence-electron chi connectivity index (χ3n) is 7.01. The fraction of sp³-hybridized carbons (Fsp3) is 0.242. The van der Waals surface area contributed by atoms with Crippen molar-refractivity contribution in [1.29, 1.82) is 0 Å². The highest BCUT2D eigenvalue weighted by atomic mass is 16.5. The van der Waals surface area contributed by atoms with E-state index in [2.05, 4.69) is 108 Å². The van der Waals surface area contributed by atoms with E-state index in [4.69, 9.17) is 4.74 Å². The first kappa shape index (κ1) is 24.6. The van der Waals surface area contributed by atoms with Crippen LogP contribution in [-0.4, -0.2) is 16.6 Å². The Kier molecular flexibility index (Phi) is 7.55. The van der Waals surface area contributed by atoms with Crippen LogP contribution in [0.2, 0.25) is 0 Å². The maximum atomic E-state index is 6.36. The Morgan fingerprint density at radius 1 is 0.892 bits per heavy atom. The van der Waals surface area contributed by atoms with Gasteiger partial charge < -0.3 is 4.74 Å². The summed E-state index contributed by atoms with van der Waals surface area (Å²) in [6.07, 6.45) is 12.9. The number of nitrogens with zero attached hydrogens (tertiary/aromatic N) is 3. The minimum atomic E-state index is 0.675. The first-order valence-electron chi connectivity index (χ1n) is 13.1. The largest absolute Gasteiger partial charge is 0.493 e. The molecule has 2 aromatic carbocycles. The maximum absolute atomic E-state index is 6.36. The van der Waals surface area contributed by atoms with E-state index in [1.54, 1.807) is 0 Å². The Morgan fingerprint density at radius 3 is 2.59 bits per heavy atom. The van der Waals surface area contributed by atoms with Gasteiger partial charge in [0.1, 0.15) is 5.75 Å². The molecule has 0 bridgehead atoms. The molecule has 0 amide bonds. The maximum Gasteiger partial charge on any atom is 0.173 e. The van der Waals surface area contributed by atoms with Crippen molar-refractivity contribution in [3.8, 4) is 16.9 Å². The number of aromatic nitrogens is 3. The number of benzene rings is 2. The number of hydrogen-bond donors (Lipinski definition) is 0. The summed E-state index contributed by atoms with van der Waals surface area (Å²) in [5.74, 6) is 0.941. The fourth-order valence-electron chi connectivity index (χ4n) is 4.97. The Balaban J connectivity index is 1.29. The molecule has 0 spiro atoms. The van der Waals surface area contributed by atoms with Crippen LogP contribution in [0.1, 0.15) is 41.3 Å². The molecular formula is C33H34N3O+. The van der Waals surface area contributed by atoms with E-state index < -0.39 is 0 Å². The first-order chi connectivity index (χ1) is 18.1. The summed E-state index contributed by atoms with van der Waals surface area (Å²) in [5, 5.41) is 2.34. The zero-order valence-electron chi connectivity index (χ0n) is 21.9. The van der Waals surface area contributed by atoms with Crippen molar-refractivity contribution < 1.29 is 9.30 Å². The molecule has 0 unspecified atom stereocenters. The summed E-state index contributed by atoms with van der Waals surface area (Å²) in [4.78, 5) is 8.75. The highest BCUT2D eigenvalue weighted by Gasteiger charge is 2.12. The summed E-state index contributed by atoms with van der Waals surface area (Å²) in [7, 11) is 0. The standard InChI is InChI=1S/C33H34N3O/c1-4-31-33(25(3)12-18-35-31)28-11-10-27-7-5-9-32(30(27)21-28)37-20-6-8-29-23-36(19-15-24(29)2)22-26-13-16-34-17-14-26/h5,7,9-19,21,23H,4,6,8,20,22H2,1-3H3/q+1. The lowest BCUT2D eigenvalue weighted by atomic mass is 9.95. The van der Waals surface area contributed by atoms with Crippen molar-refractivity contribution in [3.05, 3.63) is 120 Å². The average molecular weight is 489 g/mol. The van der Waals surface area contributed by atoms with Crippen LogP contribution in [0.15, 0.2) is 91.6 Å². The van der Waals surface area contributed by atoms with Crippen LogP contribution in [-0.2, 0) is 19.4 Å². The molecule has 0 aliphatic carbocycles.